The van der Waals surface area contributed by atoms with Gasteiger partial charge in [-0.25, -0.2) is 0 Å². The first-order chi connectivity index (χ1) is 8.33. The molecule has 17 heavy (non-hydrogen) atoms. The molecule has 0 aliphatic heterocycles. The molecule has 3 rings (SSSR count). The van der Waals surface area contributed by atoms with Crippen LogP contribution in [0.3, 0.4) is 0 Å². The quantitative estimate of drug-likeness (QED) is 0.598. The highest BCUT2D eigenvalue weighted by Gasteiger charge is 2.57. The van der Waals surface area contributed by atoms with E-state index in [1.165, 1.54) is 38.5 Å². The lowest BCUT2D eigenvalue weighted by Gasteiger charge is -2.42. The Morgan fingerprint density at radius 2 is 1.12 bits per heavy atom. The number of hydrogen-bond donors (Lipinski definition) is 0. The van der Waals surface area contributed by atoms with Crippen LogP contribution in [0.25, 0.3) is 0 Å². The molecule has 0 heteroatoms. The van der Waals surface area contributed by atoms with E-state index in [9.17, 15) is 0 Å². The third-order valence-electron chi connectivity index (χ3n) is 6.98. The van der Waals surface area contributed by atoms with Gasteiger partial charge in [-0.3, -0.25) is 0 Å². The van der Waals surface area contributed by atoms with Crippen molar-refractivity contribution in [1.29, 1.82) is 0 Å². The van der Waals surface area contributed by atoms with Crippen LogP contribution in [-0.2, 0) is 0 Å². The van der Waals surface area contributed by atoms with Crippen molar-refractivity contribution in [2.45, 2.75) is 78.1 Å². The summed E-state index contributed by atoms with van der Waals surface area (Å²) in [6, 6.07) is 0. The minimum atomic E-state index is 0.760. The van der Waals surface area contributed by atoms with Crippen LogP contribution < -0.4 is 0 Å². The smallest absolute Gasteiger partial charge is 0.0241 e. The van der Waals surface area contributed by atoms with Crippen molar-refractivity contribution in [2.75, 3.05) is 0 Å². The maximum Gasteiger partial charge on any atom is -0.0241 e. The molecule has 98 valence electrons. The van der Waals surface area contributed by atoms with E-state index in [0.29, 0.717) is 0 Å². The van der Waals surface area contributed by atoms with Crippen molar-refractivity contribution in [3.05, 3.63) is 0 Å². The molecule has 0 saturated heterocycles. The fraction of sp³-hybridized carbons (Fsp3) is 1.00. The van der Waals surface area contributed by atoms with Crippen LogP contribution in [0.2, 0.25) is 0 Å². The van der Waals surface area contributed by atoms with Gasteiger partial charge >= 0.3 is 0 Å². The van der Waals surface area contributed by atoms with Gasteiger partial charge in [0.05, 0.1) is 0 Å². The Labute approximate surface area is 108 Å². The first-order valence-corrected chi connectivity index (χ1v) is 8.33. The molecule has 0 nitrogen and oxygen atoms in total. The number of hydrogen-bond acceptors (Lipinski definition) is 0. The van der Waals surface area contributed by atoms with Crippen LogP contribution in [0.5, 0.6) is 0 Å². The minimum absolute atomic E-state index is 0.760. The van der Waals surface area contributed by atoms with E-state index in [1.54, 1.807) is 25.7 Å². The minimum Gasteiger partial charge on any atom is -0.0648 e. The molecule has 0 bridgehead atoms. The molecule has 0 aromatic carbocycles. The summed E-state index contributed by atoms with van der Waals surface area (Å²) in [6.07, 6.45) is 15.4. The summed E-state index contributed by atoms with van der Waals surface area (Å²) in [4.78, 5) is 0. The summed E-state index contributed by atoms with van der Waals surface area (Å²) in [5.41, 5.74) is 0.760. The molecule has 3 saturated carbocycles. The average molecular weight is 234 g/mol. The molecule has 3 fully saturated rings. The van der Waals surface area contributed by atoms with Gasteiger partial charge in [-0.2, -0.15) is 0 Å². The molecule has 3 aliphatic carbocycles. The van der Waals surface area contributed by atoms with Crippen LogP contribution in [0.1, 0.15) is 78.1 Å². The van der Waals surface area contributed by atoms with Gasteiger partial charge in [0.15, 0.2) is 0 Å². The molecule has 0 spiro atoms. The molecule has 0 N–H and O–H groups in total. The van der Waals surface area contributed by atoms with E-state index in [2.05, 4.69) is 13.8 Å². The molecule has 3 aliphatic rings. The summed E-state index contributed by atoms with van der Waals surface area (Å²) in [5, 5.41) is 0. The number of fused-ring (bicyclic) bond motifs is 3. The highest BCUT2D eigenvalue weighted by molar-refractivity contribution is 5.06. The molecular weight excluding hydrogens is 204 g/mol. The lowest BCUT2D eigenvalue weighted by Crippen LogP contribution is -2.34. The van der Waals surface area contributed by atoms with E-state index in [-0.39, 0.29) is 0 Å². The van der Waals surface area contributed by atoms with Crippen molar-refractivity contribution in [1.82, 2.24) is 0 Å². The Morgan fingerprint density at radius 1 is 0.706 bits per heavy atom. The van der Waals surface area contributed by atoms with Gasteiger partial charge < -0.3 is 0 Å². The molecule has 0 heterocycles. The maximum absolute atomic E-state index is 2.49. The lowest BCUT2D eigenvalue weighted by molar-refractivity contribution is 0.0696. The SMILES string of the molecule is CCC1(CC)C2CCCCC2C2CCCCC21. The third kappa shape index (κ3) is 1.62. The van der Waals surface area contributed by atoms with E-state index < -0.39 is 0 Å². The Morgan fingerprint density at radius 3 is 1.53 bits per heavy atom. The Hall–Kier alpha value is 0. The summed E-state index contributed by atoms with van der Waals surface area (Å²) >= 11 is 0. The zero-order valence-electron chi connectivity index (χ0n) is 11.9. The van der Waals surface area contributed by atoms with E-state index in [4.69, 9.17) is 0 Å². The average Bonchev–Trinajstić information content (AvgIpc) is 2.70. The Kier molecular flexibility index (Phi) is 3.26. The monoisotopic (exact) mass is 234 g/mol. The fourth-order valence-corrected chi connectivity index (χ4v) is 6.35. The van der Waals surface area contributed by atoms with Crippen molar-refractivity contribution in [2.24, 2.45) is 29.1 Å². The fourth-order valence-electron chi connectivity index (χ4n) is 6.35. The highest BCUT2D eigenvalue weighted by atomic mass is 14.6. The van der Waals surface area contributed by atoms with E-state index in [1.807, 2.05) is 0 Å². The van der Waals surface area contributed by atoms with Gasteiger partial charge in [0, 0.05) is 0 Å². The van der Waals surface area contributed by atoms with Crippen molar-refractivity contribution < 1.29 is 0 Å². The summed E-state index contributed by atoms with van der Waals surface area (Å²) in [6.45, 7) is 4.98. The molecule has 4 unspecified atom stereocenters. The lowest BCUT2D eigenvalue weighted by atomic mass is 9.62. The van der Waals surface area contributed by atoms with E-state index in [0.717, 1.165) is 29.1 Å². The molecular formula is C17H30. The second kappa shape index (κ2) is 4.59. The van der Waals surface area contributed by atoms with Crippen molar-refractivity contribution in [3.63, 3.8) is 0 Å². The largest absolute Gasteiger partial charge is 0.0648 e. The number of rotatable bonds is 2. The van der Waals surface area contributed by atoms with Crippen LogP contribution in [0.4, 0.5) is 0 Å². The Balaban J connectivity index is 1.95. The third-order valence-corrected chi connectivity index (χ3v) is 6.98. The molecule has 0 aromatic rings. The molecule has 0 radical (unpaired) electrons. The summed E-state index contributed by atoms with van der Waals surface area (Å²) < 4.78 is 0. The second-order valence-corrected chi connectivity index (χ2v) is 7.05. The predicted molar refractivity (Wildman–Crippen MR) is 73.9 cm³/mol. The second-order valence-electron chi connectivity index (χ2n) is 7.05. The van der Waals surface area contributed by atoms with Crippen LogP contribution in [0, 0.1) is 29.1 Å². The summed E-state index contributed by atoms with van der Waals surface area (Å²) in [7, 11) is 0. The highest BCUT2D eigenvalue weighted by Crippen LogP contribution is 2.65. The van der Waals surface area contributed by atoms with Gasteiger partial charge in [-0.1, -0.05) is 39.5 Å². The van der Waals surface area contributed by atoms with Crippen LogP contribution in [0.15, 0.2) is 0 Å². The van der Waals surface area contributed by atoms with Crippen LogP contribution in [-0.4, -0.2) is 0 Å². The first-order valence-electron chi connectivity index (χ1n) is 8.33. The zero-order valence-corrected chi connectivity index (χ0v) is 11.9. The van der Waals surface area contributed by atoms with Gasteiger partial charge in [-0.05, 0) is 67.6 Å². The zero-order chi connectivity index (χ0) is 11.9. The molecule has 0 amide bonds. The Bertz CT molecular complexity index is 239. The first kappa shape index (κ1) is 12.1. The normalized spacial score (nSPS) is 44.1. The van der Waals surface area contributed by atoms with Crippen LogP contribution >= 0.6 is 0 Å². The molecule has 0 aromatic heterocycles. The topological polar surface area (TPSA) is 0 Å². The maximum atomic E-state index is 2.49. The van der Waals surface area contributed by atoms with Crippen molar-refractivity contribution in [3.8, 4) is 0 Å². The van der Waals surface area contributed by atoms with Gasteiger partial charge in [0.25, 0.3) is 0 Å². The van der Waals surface area contributed by atoms with Gasteiger partial charge in [0.1, 0.15) is 0 Å². The molecule has 4 atom stereocenters. The standard InChI is InChI=1S/C17H30/c1-3-17(4-2)15-11-7-5-9-13(15)14-10-6-8-12-16(14)17/h13-16H,3-12H2,1-2H3. The van der Waals surface area contributed by atoms with Gasteiger partial charge in [-0.15, -0.1) is 0 Å². The van der Waals surface area contributed by atoms with Gasteiger partial charge in [0.2, 0.25) is 0 Å². The summed E-state index contributed by atoms with van der Waals surface area (Å²) in [5.74, 6) is 4.49. The van der Waals surface area contributed by atoms with E-state index >= 15 is 0 Å². The predicted octanol–water partition coefficient (Wildman–Crippen LogP) is 5.42. The van der Waals surface area contributed by atoms with Crippen molar-refractivity contribution >= 4 is 0 Å².